The van der Waals surface area contributed by atoms with Crippen LogP contribution in [0, 0.1) is 6.92 Å². The average Bonchev–Trinajstić information content (AvgIpc) is 2.72. The standard InChI is InChI=1S/C25H19NO2/c1-17-7-14-23-21(15-17)22(25(27)28)16-24(26-23)20-12-10-19(11-13-20)9-8-18-5-3-2-4-6-18/h2-16H,1H3,(H,27,28). The van der Waals surface area contributed by atoms with Gasteiger partial charge in [0.2, 0.25) is 0 Å². The lowest BCUT2D eigenvalue weighted by Crippen LogP contribution is -2.00. The van der Waals surface area contributed by atoms with Gasteiger partial charge in [0.1, 0.15) is 0 Å². The van der Waals surface area contributed by atoms with Gasteiger partial charge in [0.25, 0.3) is 0 Å². The van der Waals surface area contributed by atoms with E-state index in [4.69, 9.17) is 0 Å². The summed E-state index contributed by atoms with van der Waals surface area (Å²) >= 11 is 0. The molecular formula is C25H19NO2. The minimum absolute atomic E-state index is 0.275. The summed E-state index contributed by atoms with van der Waals surface area (Å²) in [5, 5.41) is 10.3. The van der Waals surface area contributed by atoms with Crippen molar-refractivity contribution in [3.8, 4) is 11.3 Å². The van der Waals surface area contributed by atoms with Crippen molar-refractivity contribution in [2.75, 3.05) is 0 Å². The number of rotatable bonds is 4. The lowest BCUT2D eigenvalue weighted by molar-refractivity contribution is 0.0699. The van der Waals surface area contributed by atoms with Crippen LogP contribution < -0.4 is 0 Å². The van der Waals surface area contributed by atoms with Crippen molar-refractivity contribution in [1.29, 1.82) is 0 Å². The van der Waals surface area contributed by atoms with E-state index in [0.717, 1.165) is 22.3 Å². The Morgan fingerprint density at radius 1 is 0.857 bits per heavy atom. The van der Waals surface area contributed by atoms with Crippen LogP contribution in [0.4, 0.5) is 0 Å². The molecule has 0 fully saturated rings. The van der Waals surface area contributed by atoms with Crippen molar-refractivity contribution in [3.05, 3.63) is 101 Å². The highest BCUT2D eigenvalue weighted by atomic mass is 16.4. The summed E-state index contributed by atoms with van der Waals surface area (Å²) < 4.78 is 0. The quantitative estimate of drug-likeness (QED) is 0.446. The zero-order valence-electron chi connectivity index (χ0n) is 15.5. The third-order valence-electron chi connectivity index (χ3n) is 4.67. The molecule has 0 bridgehead atoms. The molecule has 3 heteroatoms. The van der Waals surface area contributed by atoms with Crippen LogP contribution in [0.15, 0.2) is 78.9 Å². The number of aromatic carboxylic acids is 1. The van der Waals surface area contributed by atoms with E-state index in [1.165, 1.54) is 0 Å². The summed E-state index contributed by atoms with van der Waals surface area (Å²) in [6, 6.07) is 25.4. The molecule has 0 atom stereocenters. The van der Waals surface area contributed by atoms with E-state index in [-0.39, 0.29) is 5.56 Å². The van der Waals surface area contributed by atoms with E-state index in [1.54, 1.807) is 6.07 Å². The molecule has 0 aliphatic carbocycles. The first-order chi connectivity index (χ1) is 13.6. The fourth-order valence-electron chi connectivity index (χ4n) is 3.19. The first-order valence-electron chi connectivity index (χ1n) is 9.08. The molecule has 0 saturated carbocycles. The normalized spacial score (nSPS) is 11.2. The Morgan fingerprint density at radius 2 is 1.54 bits per heavy atom. The Labute approximate surface area is 163 Å². The predicted octanol–water partition coefficient (Wildman–Crippen LogP) is 6.08. The van der Waals surface area contributed by atoms with Crippen LogP contribution in [0.3, 0.4) is 0 Å². The molecule has 3 nitrogen and oxygen atoms in total. The van der Waals surface area contributed by atoms with Gasteiger partial charge >= 0.3 is 5.97 Å². The van der Waals surface area contributed by atoms with Gasteiger partial charge in [-0.2, -0.15) is 0 Å². The van der Waals surface area contributed by atoms with Gasteiger partial charge < -0.3 is 5.11 Å². The molecule has 0 spiro atoms. The second-order valence-electron chi connectivity index (χ2n) is 6.75. The van der Waals surface area contributed by atoms with E-state index >= 15 is 0 Å². The molecule has 0 aliphatic rings. The third-order valence-corrected chi connectivity index (χ3v) is 4.67. The zero-order valence-corrected chi connectivity index (χ0v) is 15.5. The Balaban J connectivity index is 1.69. The van der Waals surface area contributed by atoms with Crippen molar-refractivity contribution >= 4 is 29.0 Å². The number of carboxylic acid groups (broad SMARTS) is 1. The molecule has 4 aromatic rings. The Morgan fingerprint density at radius 3 is 2.21 bits per heavy atom. The summed E-state index contributed by atoms with van der Waals surface area (Å²) in [6.07, 6.45) is 4.12. The summed E-state index contributed by atoms with van der Waals surface area (Å²) in [4.78, 5) is 16.4. The smallest absolute Gasteiger partial charge is 0.336 e. The van der Waals surface area contributed by atoms with Crippen LogP contribution in [0.5, 0.6) is 0 Å². The minimum atomic E-state index is -0.943. The molecule has 136 valence electrons. The molecular weight excluding hydrogens is 346 g/mol. The van der Waals surface area contributed by atoms with E-state index < -0.39 is 5.97 Å². The molecule has 1 N–H and O–H groups in total. The first-order valence-corrected chi connectivity index (χ1v) is 9.08. The van der Waals surface area contributed by atoms with Crippen LogP contribution in [-0.4, -0.2) is 16.1 Å². The monoisotopic (exact) mass is 365 g/mol. The second-order valence-corrected chi connectivity index (χ2v) is 6.75. The highest BCUT2D eigenvalue weighted by Crippen LogP contribution is 2.26. The van der Waals surface area contributed by atoms with E-state index in [9.17, 15) is 9.90 Å². The molecule has 0 unspecified atom stereocenters. The molecule has 1 heterocycles. The fraction of sp³-hybridized carbons (Fsp3) is 0.0400. The first kappa shape index (κ1) is 17.7. The van der Waals surface area contributed by atoms with Gasteiger partial charge in [0, 0.05) is 10.9 Å². The molecule has 3 aromatic carbocycles. The van der Waals surface area contributed by atoms with Crippen LogP contribution >= 0.6 is 0 Å². The highest BCUT2D eigenvalue weighted by Gasteiger charge is 2.13. The van der Waals surface area contributed by atoms with Gasteiger partial charge in [0.05, 0.1) is 16.8 Å². The SMILES string of the molecule is Cc1ccc2nc(-c3ccc(C=Cc4ccccc4)cc3)cc(C(=O)O)c2c1. The maximum Gasteiger partial charge on any atom is 0.336 e. The molecule has 1 aromatic heterocycles. The Hall–Kier alpha value is -3.72. The third kappa shape index (κ3) is 3.69. The fourth-order valence-corrected chi connectivity index (χ4v) is 3.19. The maximum atomic E-state index is 11.7. The van der Waals surface area contributed by atoms with E-state index in [1.807, 2.05) is 67.6 Å². The number of aromatic nitrogens is 1. The van der Waals surface area contributed by atoms with Crippen LogP contribution in [-0.2, 0) is 0 Å². The summed E-state index contributed by atoms with van der Waals surface area (Å²) in [5.41, 5.74) is 5.74. The number of hydrogen-bond acceptors (Lipinski definition) is 2. The number of carboxylic acids is 1. The van der Waals surface area contributed by atoms with Crippen LogP contribution in [0.25, 0.3) is 34.3 Å². The summed E-state index contributed by atoms with van der Waals surface area (Å²) in [7, 11) is 0. The van der Waals surface area contributed by atoms with Gasteiger partial charge in [-0.1, -0.05) is 78.4 Å². The van der Waals surface area contributed by atoms with E-state index in [2.05, 4.69) is 29.3 Å². The molecule has 0 radical (unpaired) electrons. The zero-order chi connectivity index (χ0) is 19.5. The molecule has 28 heavy (non-hydrogen) atoms. The average molecular weight is 365 g/mol. The van der Waals surface area contributed by atoms with Crippen molar-refractivity contribution < 1.29 is 9.90 Å². The number of benzene rings is 3. The largest absolute Gasteiger partial charge is 0.478 e. The van der Waals surface area contributed by atoms with E-state index in [0.29, 0.717) is 16.6 Å². The van der Waals surface area contributed by atoms with Crippen molar-refractivity contribution in [2.45, 2.75) is 6.92 Å². The lowest BCUT2D eigenvalue weighted by atomic mass is 10.0. The molecule has 0 saturated heterocycles. The van der Waals surface area contributed by atoms with Crippen LogP contribution in [0.1, 0.15) is 27.0 Å². The number of hydrogen-bond donors (Lipinski definition) is 1. The van der Waals surface area contributed by atoms with Gasteiger partial charge in [-0.25, -0.2) is 9.78 Å². The van der Waals surface area contributed by atoms with Crippen molar-refractivity contribution in [1.82, 2.24) is 4.98 Å². The van der Waals surface area contributed by atoms with Gasteiger partial charge in [-0.3, -0.25) is 0 Å². The molecule has 0 aliphatic heterocycles. The maximum absolute atomic E-state index is 11.7. The lowest BCUT2D eigenvalue weighted by Gasteiger charge is -2.08. The van der Waals surface area contributed by atoms with Gasteiger partial charge in [0.15, 0.2) is 0 Å². The predicted molar refractivity (Wildman–Crippen MR) is 114 cm³/mol. The summed E-state index contributed by atoms with van der Waals surface area (Å²) in [6.45, 7) is 1.95. The molecule has 4 rings (SSSR count). The number of fused-ring (bicyclic) bond motifs is 1. The number of nitrogens with zero attached hydrogens (tertiary/aromatic N) is 1. The number of carbonyl (C=O) groups is 1. The Bertz CT molecular complexity index is 1180. The summed E-state index contributed by atoms with van der Waals surface area (Å²) in [5.74, 6) is -0.943. The second kappa shape index (κ2) is 7.49. The van der Waals surface area contributed by atoms with Crippen LogP contribution in [0.2, 0.25) is 0 Å². The Kier molecular flexibility index (Phi) is 4.73. The van der Waals surface area contributed by atoms with Gasteiger partial charge in [-0.05, 0) is 36.2 Å². The molecule has 0 amide bonds. The topological polar surface area (TPSA) is 50.2 Å². The number of pyridine rings is 1. The van der Waals surface area contributed by atoms with Gasteiger partial charge in [-0.15, -0.1) is 0 Å². The van der Waals surface area contributed by atoms with Crippen molar-refractivity contribution in [2.24, 2.45) is 0 Å². The van der Waals surface area contributed by atoms with Crippen molar-refractivity contribution in [3.63, 3.8) is 0 Å². The minimum Gasteiger partial charge on any atom is -0.478 e. The number of aryl methyl sites for hydroxylation is 1. The highest BCUT2D eigenvalue weighted by molar-refractivity contribution is 6.04.